The predicted molar refractivity (Wildman–Crippen MR) is 169 cm³/mol. The number of amides is 4. The van der Waals surface area contributed by atoms with E-state index in [0.29, 0.717) is 16.9 Å². The van der Waals surface area contributed by atoms with E-state index in [2.05, 4.69) is 4.74 Å². The van der Waals surface area contributed by atoms with Gasteiger partial charge in [0.1, 0.15) is 11.5 Å². The number of nitrogens with zero attached hydrogens (tertiary/aromatic N) is 2. The number of phenols is 1. The molecule has 11 heteroatoms. The van der Waals surface area contributed by atoms with Crippen LogP contribution in [0.4, 0.5) is 24.5 Å². The summed E-state index contributed by atoms with van der Waals surface area (Å²) in [6.45, 7) is 3.97. The second-order valence-corrected chi connectivity index (χ2v) is 12.9. The topological polar surface area (TPSA) is 104 Å². The molecular formula is C37H33F3N2O6. The van der Waals surface area contributed by atoms with Crippen LogP contribution in [0.1, 0.15) is 49.3 Å². The molecular weight excluding hydrogens is 625 g/mol. The van der Waals surface area contributed by atoms with Gasteiger partial charge in [0.25, 0.3) is 0 Å². The Morgan fingerprint density at radius 2 is 1.27 bits per heavy atom. The van der Waals surface area contributed by atoms with Crippen LogP contribution in [-0.4, -0.2) is 35.1 Å². The van der Waals surface area contributed by atoms with E-state index in [1.165, 1.54) is 4.90 Å². The van der Waals surface area contributed by atoms with E-state index >= 15 is 0 Å². The predicted octanol–water partition coefficient (Wildman–Crippen LogP) is 6.46. The van der Waals surface area contributed by atoms with E-state index in [9.17, 15) is 37.5 Å². The fourth-order valence-corrected chi connectivity index (χ4v) is 8.19. The van der Waals surface area contributed by atoms with Gasteiger partial charge in [0, 0.05) is 11.5 Å². The molecule has 0 spiro atoms. The minimum atomic E-state index is -5.01. The molecule has 0 bridgehead atoms. The molecule has 0 aromatic heterocycles. The lowest BCUT2D eigenvalue weighted by atomic mass is 9.57. The number of alkyl halides is 3. The van der Waals surface area contributed by atoms with Crippen LogP contribution in [0.2, 0.25) is 0 Å². The maximum atomic E-state index is 14.3. The standard InChI is InChI=1S/C37H33F3N2O6/c1-3-19-5-9-21(10-6-19)41-33(44)25-15-14-24-26(31(25)35(41)46)18-28-32(30(24)27-17-23(13-16-29(27)43)48-37(38,39)40)36(47)42(34(28)45)22-11-7-20(4-2)8-12-22/h5-14,16-17,25-26,28,30-32,43H,3-4,15,18H2,1-2H3. The highest BCUT2D eigenvalue weighted by molar-refractivity contribution is 6.24. The van der Waals surface area contributed by atoms with Gasteiger partial charge in [0.2, 0.25) is 23.6 Å². The average Bonchev–Trinajstić information content (AvgIpc) is 3.47. The number of halogens is 3. The van der Waals surface area contributed by atoms with E-state index in [4.69, 9.17) is 0 Å². The lowest BCUT2D eigenvalue weighted by molar-refractivity contribution is -0.274. The highest BCUT2D eigenvalue weighted by Gasteiger charge is 2.62. The van der Waals surface area contributed by atoms with Gasteiger partial charge in [0.15, 0.2) is 0 Å². The third-order valence-electron chi connectivity index (χ3n) is 10.4. The summed E-state index contributed by atoms with van der Waals surface area (Å²) in [6.07, 6.45) is -1.48. The van der Waals surface area contributed by atoms with Crippen molar-refractivity contribution < 1.29 is 42.2 Å². The Morgan fingerprint density at radius 3 is 1.81 bits per heavy atom. The van der Waals surface area contributed by atoms with Gasteiger partial charge >= 0.3 is 6.36 Å². The molecule has 248 valence electrons. The molecule has 3 fully saturated rings. The van der Waals surface area contributed by atoms with Gasteiger partial charge in [-0.2, -0.15) is 0 Å². The molecule has 2 saturated heterocycles. The van der Waals surface area contributed by atoms with Gasteiger partial charge in [-0.25, -0.2) is 0 Å². The van der Waals surface area contributed by atoms with Crippen LogP contribution in [0, 0.1) is 29.6 Å². The number of allylic oxidation sites excluding steroid dienone is 2. The summed E-state index contributed by atoms with van der Waals surface area (Å²) in [6, 6.07) is 17.2. The van der Waals surface area contributed by atoms with Crippen LogP contribution >= 0.6 is 0 Å². The number of anilines is 2. The highest BCUT2D eigenvalue weighted by atomic mass is 19.4. The summed E-state index contributed by atoms with van der Waals surface area (Å²) in [5, 5.41) is 11.1. The molecule has 3 aromatic carbocycles. The smallest absolute Gasteiger partial charge is 0.508 e. The number of ether oxygens (including phenoxy) is 1. The molecule has 48 heavy (non-hydrogen) atoms. The number of benzene rings is 3. The van der Waals surface area contributed by atoms with Crippen LogP contribution in [0.5, 0.6) is 11.5 Å². The Hall–Kier alpha value is -4.93. The first kappa shape index (κ1) is 31.7. The van der Waals surface area contributed by atoms with Crippen molar-refractivity contribution in [2.45, 2.75) is 51.8 Å². The van der Waals surface area contributed by atoms with Crippen LogP contribution in [0.25, 0.3) is 0 Å². The van der Waals surface area contributed by atoms with Crippen molar-refractivity contribution in [3.8, 4) is 11.5 Å². The van der Waals surface area contributed by atoms with Gasteiger partial charge in [-0.3, -0.25) is 29.0 Å². The van der Waals surface area contributed by atoms with Crippen molar-refractivity contribution in [3.05, 3.63) is 95.1 Å². The fraction of sp³-hybridized carbons (Fsp3) is 0.351. The molecule has 7 rings (SSSR count). The van der Waals surface area contributed by atoms with Crippen molar-refractivity contribution in [1.82, 2.24) is 0 Å². The first-order valence-corrected chi connectivity index (χ1v) is 16.1. The van der Waals surface area contributed by atoms with Crippen LogP contribution in [0.3, 0.4) is 0 Å². The zero-order chi connectivity index (χ0) is 34.1. The number of aryl methyl sites for hydroxylation is 2. The summed E-state index contributed by atoms with van der Waals surface area (Å²) >= 11 is 0. The van der Waals surface area contributed by atoms with E-state index in [1.54, 1.807) is 30.3 Å². The number of aromatic hydroxyl groups is 1. The van der Waals surface area contributed by atoms with E-state index in [0.717, 1.165) is 47.1 Å². The van der Waals surface area contributed by atoms with Gasteiger partial charge in [0.05, 0.1) is 35.0 Å². The van der Waals surface area contributed by atoms with Crippen molar-refractivity contribution in [1.29, 1.82) is 0 Å². The zero-order valence-electron chi connectivity index (χ0n) is 26.2. The van der Waals surface area contributed by atoms with Gasteiger partial charge < -0.3 is 9.84 Å². The summed E-state index contributed by atoms with van der Waals surface area (Å²) in [7, 11) is 0. The number of carbonyl (C=O) groups excluding carboxylic acids is 4. The summed E-state index contributed by atoms with van der Waals surface area (Å²) in [5.74, 6) is -8.14. The second kappa shape index (κ2) is 11.6. The molecule has 1 N–H and O–H groups in total. The normalized spacial score (nSPS) is 26.7. The van der Waals surface area contributed by atoms with Crippen molar-refractivity contribution in [2.24, 2.45) is 29.6 Å². The Morgan fingerprint density at radius 1 is 0.729 bits per heavy atom. The number of hydrogen-bond donors (Lipinski definition) is 1. The maximum Gasteiger partial charge on any atom is 0.573 e. The summed E-state index contributed by atoms with van der Waals surface area (Å²) in [5.41, 5.74) is 3.36. The largest absolute Gasteiger partial charge is 0.573 e. The number of rotatable bonds is 6. The summed E-state index contributed by atoms with van der Waals surface area (Å²) < 4.78 is 44.0. The molecule has 2 heterocycles. The number of imide groups is 2. The van der Waals surface area contributed by atoms with Gasteiger partial charge in [-0.1, -0.05) is 49.8 Å². The fourth-order valence-electron chi connectivity index (χ4n) is 8.19. The van der Waals surface area contributed by atoms with Crippen molar-refractivity contribution in [2.75, 3.05) is 9.80 Å². The molecule has 4 amide bonds. The number of hydrogen-bond acceptors (Lipinski definition) is 6. The highest BCUT2D eigenvalue weighted by Crippen LogP contribution is 2.59. The average molecular weight is 659 g/mol. The lowest BCUT2D eigenvalue weighted by Crippen LogP contribution is -2.43. The number of fused-ring (bicyclic) bond motifs is 4. The van der Waals surface area contributed by atoms with Gasteiger partial charge in [-0.05, 0) is 85.2 Å². The van der Waals surface area contributed by atoms with Crippen molar-refractivity contribution >= 4 is 35.0 Å². The lowest BCUT2D eigenvalue weighted by Gasteiger charge is -2.44. The Balaban J connectivity index is 1.33. The Labute approximate surface area is 274 Å². The molecule has 4 aliphatic rings. The van der Waals surface area contributed by atoms with Crippen LogP contribution in [-0.2, 0) is 32.0 Å². The minimum Gasteiger partial charge on any atom is -0.508 e. The number of carbonyl (C=O) groups is 4. The summed E-state index contributed by atoms with van der Waals surface area (Å²) in [4.78, 5) is 58.7. The number of phenolic OH excluding ortho intramolecular Hbond substituents is 1. The first-order chi connectivity index (χ1) is 22.9. The quantitative estimate of drug-likeness (QED) is 0.241. The Kier molecular flexibility index (Phi) is 7.68. The van der Waals surface area contributed by atoms with E-state index in [1.807, 2.05) is 38.1 Å². The molecule has 3 aromatic rings. The van der Waals surface area contributed by atoms with Crippen molar-refractivity contribution in [3.63, 3.8) is 0 Å². The third kappa shape index (κ3) is 5.07. The minimum absolute atomic E-state index is 0.0192. The van der Waals surface area contributed by atoms with E-state index < -0.39 is 65.3 Å². The van der Waals surface area contributed by atoms with Crippen LogP contribution in [0.15, 0.2) is 78.4 Å². The molecule has 8 nitrogen and oxygen atoms in total. The SMILES string of the molecule is CCc1ccc(N2C(=O)C3CC=C4C(CC5C(=O)N(c6ccc(CC)cc6)C(=O)C5C4c4cc(OC(F)(F)F)ccc4O)C3C2=O)cc1. The molecule has 2 aliphatic carbocycles. The zero-order valence-corrected chi connectivity index (χ0v) is 26.2. The van der Waals surface area contributed by atoms with Crippen LogP contribution < -0.4 is 14.5 Å². The van der Waals surface area contributed by atoms with E-state index in [-0.39, 0.29) is 30.1 Å². The maximum absolute atomic E-state index is 14.3. The molecule has 0 radical (unpaired) electrons. The molecule has 1 saturated carbocycles. The molecule has 2 aliphatic heterocycles. The first-order valence-electron chi connectivity index (χ1n) is 16.1. The molecule has 6 atom stereocenters. The second-order valence-electron chi connectivity index (χ2n) is 12.9. The molecule has 6 unspecified atom stereocenters. The monoisotopic (exact) mass is 658 g/mol. The third-order valence-corrected chi connectivity index (χ3v) is 10.4. The van der Waals surface area contributed by atoms with Gasteiger partial charge in [-0.15, -0.1) is 13.2 Å². The Bertz CT molecular complexity index is 1850.